The average Bonchev–Trinajstić information content (AvgIpc) is 2.30. The van der Waals surface area contributed by atoms with Gasteiger partial charge in [-0.3, -0.25) is 0 Å². The second kappa shape index (κ2) is 6.87. The highest BCUT2D eigenvalue weighted by atomic mass is 16.5. The molecule has 1 saturated heterocycles. The molecule has 0 amide bonds. The lowest BCUT2D eigenvalue weighted by atomic mass is 9.91. The lowest BCUT2D eigenvalue weighted by Gasteiger charge is -2.36. The zero-order valence-corrected chi connectivity index (χ0v) is 11.1. The van der Waals surface area contributed by atoms with E-state index in [9.17, 15) is 15.0 Å². The van der Waals surface area contributed by atoms with Crippen LogP contribution >= 0.6 is 0 Å². The van der Waals surface area contributed by atoms with E-state index in [1.54, 1.807) is 13.8 Å². The van der Waals surface area contributed by atoms with Gasteiger partial charge in [-0.2, -0.15) is 0 Å². The van der Waals surface area contributed by atoms with Crippen LogP contribution in [-0.2, 0) is 14.3 Å². The van der Waals surface area contributed by atoms with Crippen molar-refractivity contribution in [3.05, 3.63) is 11.6 Å². The fraction of sp³-hybridized carbons (Fsp3) is 0.769. The minimum atomic E-state index is -0.917. The summed E-state index contributed by atoms with van der Waals surface area (Å²) in [7, 11) is 0. The Bertz CT molecular complexity index is 313. The number of carbonyl (C=O) groups excluding carboxylic acids is 1. The van der Waals surface area contributed by atoms with Crippen LogP contribution in [0.2, 0.25) is 0 Å². The van der Waals surface area contributed by atoms with Gasteiger partial charge < -0.3 is 19.7 Å². The molecule has 0 aromatic rings. The van der Waals surface area contributed by atoms with E-state index in [-0.39, 0.29) is 5.92 Å². The molecule has 4 atom stereocenters. The van der Waals surface area contributed by atoms with E-state index in [4.69, 9.17) is 9.47 Å². The fourth-order valence-electron chi connectivity index (χ4n) is 1.97. The highest BCUT2D eigenvalue weighted by molar-refractivity contribution is 5.82. The number of ether oxygens (including phenoxy) is 2. The number of aliphatic hydroxyl groups excluding tert-OH is 2. The predicted molar refractivity (Wildman–Crippen MR) is 65.9 cm³/mol. The molecule has 1 heterocycles. The maximum Gasteiger partial charge on any atom is 0.330 e. The van der Waals surface area contributed by atoms with Crippen molar-refractivity contribution < 1.29 is 24.5 Å². The molecule has 0 aliphatic carbocycles. The van der Waals surface area contributed by atoms with Crippen molar-refractivity contribution in [2.24, 2.45) is 5.92 Å². The maximum atomic E-state index is 11.2. The van der Waals surface area contributed by atoms with E-state index in [2.05, 4.69) is 0 Å². The molecule has 0 unspecified atom stereocenters. The SMILES string of the molecule is CCOC(=O)/C=C(\C)C[C@@H]1OC[C@@H](C)[C@@H](O)[C@H]1O. The van der Waals surface area contributed by atoms with Crippen molar-refractivity contribution in [2.45, 2.75) is 45.5 Å². The molecular formula is C13H22O5. The van der Waals surface area contributed by atoms with E-state index < -0.39 is 24.3 Å². The van der Waals surface area contributed by atoms with Crippen LogP contribution in [0.1, 0.15) is 27.2 Å². The Hall–Kier alpha value is -0.910. The summed E-state index contributed by atoms with van der Waals surface area (Å²) < 4.78 is 10.3. The molecule has 0 aromatic carbocycles. The van der Waals surface area contributed by atoms with Gasteiger partial charge in [0.15, 0.2) is 0 Å². The monoisotopic (exact) mass is 258 g/mol. The number of aliphatic hydroxyl groups is 2. The van der Waals surface area contributed by atoms with Gasteiger partial charge >= 0.3 is 5.97 Å². The summed E-state index contributed by atoms with van der Waals surface area (Å²) in [6.45, 7) is 6.09. The van der Waals surface area contributed by atoms with Crippen LogP contribution in [0.4, 0.5) is 0 Å². The largest absolute Gasteiger partial charge is 0.463 e. The lowest BCUT2D eigenvalue weighted by Crippen LogP contribution is -2.49. The summed E-state index contributed by atoms with van der Waals surface area (Å²) >= 11 is 0. The first-order valence-corrected chi connectivity index (χ1v) is 6.27. The molecule has 18 heavy (non-hydrogen) atoms. The molecule has 0 radical (unpaired) electrons. The molecule has 1 aliphatic rings. The summed E-state index contributed by atoms with van der Waals surface area (Å²) in [5.74, 6) is -0.472. The first kappa shape index (κ1) is 15.1. The smallest absolute Gasteiger partial charge is 0.330 e. The molecule has 1 rings (SSSR count). The van der Waals surface area contributed by atoms with Gasteiger partial charge in [-0.05, 0) is 20.3 Å². The summed E-state index contributed by atoms with van der Waals surface area (Å²) in [5, 5.41) is 19.6. The maximum absolute atomic E-state index is 11.2. The molecule has 0 bridgehead atoms. The minimum absolute atomic E-state index is 0.0782. The third-order valence-electron chi connectivity index (χ3n) is 3.06. The quantitative estimate of drug-likeness (QED) is 0.572. The minimum Gasteiger partial charge on any atom is -0.463 e. The van der Waals surface area contributed by atoms with Crippen molar-refractivity contribution >= 4 is 5.97 Å². The lowest BCUT2D eigenvalue weighted by molar-refractivity contribution is -0.159. The Balaban J connectivity index is 2.54. The Labute approximate surface area is 107 Å². The summed E-state index contributed by atoms with van der Waals surface area (Å²) in [4.78, 5) is 11.2. The van der Waals surface area contributed by atoms with E-state index in [0.29, 0.717) is 19.6 Å². The molecule has 104 valence electrons. The van der Waals surface area contributed by atoms with Crippen LogP contribution in [0.3, 0.4) is 0 Å². The Morgan fingerprint density at radius 3 is 2.72 bits per heavy atom. The van der Waals surface area contributed by atoms with E-state index in [1.165, 1.54) is 6.08 Å². The van der Waals surface area contributed by atoms with Gasteiger partial charge in [-0.25, -0.2) is 4.79 Å². The highest BCUT2D eigenvalue weighted by Gasteiger charge is 2.35. The molecule has 0 spiro atoms. The molecule has 1 aliphatic heterocycles. The Kier molecular flexibility index (Phi) is 5.78. The normalized spacial score (nSPS) is 33.3. The molecular weight excluding hydrogens is 236 g/mol. The number of esters is 1. The summed E-state index contributed by atoms with van der Waals surface area (Å²) in [6.07, 6.45) is -0.367. The highest BCUT2D eigenvalue weighted by Crippen LogP contribution is 2.24. The van der Waals surface area contributed by atoms with Crippen LogP contribution in [-0.4, -0.2) is 47.7 Å². The van der Waals surface area contributed by atoms with E-state index >= 15 is 0 Å². The molecule has 5 heteroatoms. The number of rotatable bonds is 4. The third kappa shape index (κ3) is 4.08. The first-order chi connectivity index (χ1) is 8.45. The third-order valence-corrected chi connectivity index (χ3v) is 3.06. The zero-order chi connectivity index (χ0) is 13.7. The van der Waals surface area contributed by atoms with Crippen molar-refractivity contribution in [1.29, 1.82) is 0 Å². The number of hydrogen-bond donors (Lipinski definition) is 2. The fourth-order valence-corrected chi connectivity index (χ4v) is 1.97. The van der Waals surface area contributed by atoms with Crippen LogP contribution in [0, 0.1) is 5.92 Å². The van der Waals surface area contributed by atoms with Crippen LogP contribution in [0.5, 0.6) is 0 Å². The van der Waals surface area contributed by atoms with Crippen LogP contribution in [0.25, 0.3) is 0 Å². The van der Waals surface area contributed by atoms with Gasteiger partial charge in [0.05, 0.1) is 25.4 Å². The van der Waals surface area contributed by atoms with Crippen molar-refractivity contribution in [3.8, 4) is 0 Å². The Morgan fingerprint density at radius 2 is 2.11 bits per heavy atom. The number of hydrogen-bond acceptors (Lipinski definition) is 5. The second-order valence-corrected chi connectivity index (χ2v) is 4.78. The van der Waals surface area contributed by atoms with Crippen molar-refractivity contribution in [1.82, 2.24) is 0 Å². The Morgan fingerprint density at radius 1 is 1.44 bits per heavy atom. The predicted octanol–water partition coefficient (Wildman–Crippen LogP) is 0.643. The summed E-state index contributed by atoms with van der Waals surface area (Å²) in [5.41, 5.74) is 0.763. The molecule has 0 saturated carbocycles. The second-order valence-electron chi connectivity index (χ2n) is 4.78. The zero-order valence-electron chi connectivity index (χ0n) is 11.1. The van der Waals surface area contributed by atoms with Crippen molar-refractivity contribution in [3.63, 3.8) is 0 Å². The standard InChI is InChI=1S/C13H22O5/c1-4-17-11(14)6-8(2)5-10-13(16)12(15)9(3)7-18-10/h6,9-10,12-13,15-16H,4-5,7H2,1-3H3/b8-6+/t9-,10+,12-,13+/m1/s1. The first-order valence-electron chi connectivity index (χ1n) is 6.27. The topological polar surface area (TPSA) is 76.0 Å². The molecule has 2 N–H and O–H groups in total. The van der Waals surface area contributed by atoms with Gasteiger partial charge in [0.25, 0.3) is 0 Å². The average molecular weight is 258 g/mol. The van der Waals surface area contributed by atoms with Gasteiger partial charge in [0, 0.05) is 12.0 Å². The molecule has 0 aromatic heterocycles. The van der Waals surface area contributed by atoms with Gasteiger partial charge in [0.2, 0.25) is 0 Å². The van der Waals surface area contributed by atoms with Crippen LogP contribution in [0.15, 0.2) is 11.6 Å². The van der Waals surface area contributed by atoms with Crippen LogP contribution < -0.4 is 0 Å². The molecule has 1 fully saturated rings. The van der Waals surface area contributed by atoms with Gasteiger partial charge in [-0.15, -0.1) is 0 Å². The summed E-state index contributed by atoms with van der Waals surface area (Å²) in [6, 6.07) is 0. The van der Waals surface area contributed by atoms with E-state index in [1.807, 2.05) is 6.92 Å². The van der Waals surface area contributed by atoms with E-state index in [0.717, 1.165) is 5.57 Å². The van der Waals surface area contributed by atoms with Gasteiger partial charge in [0.1, 0.15) is 6.10 Å². The molecule has 5 nitrogen and oxygen atoms in total. The van der Waals surface area contributed by atoms with Crippen molar-refractivity contribution in [2.75, 3.05) is 13.2 Å². The van der Waals surface area contributed by atoms with Gasteiger partial charge in [-0.1, -0.05) is 12.5 Å². The number of carbonyl (C=O) groups is 1.